The number of ether oxygens (including phenoxy) is 2. The molecule has 0 spiro atoms. The highest BCUT2D eigenvalue weighted by molar-refractivity contribution is 7.80. The van der Waals surface area contributed by atoms with Gasteiger partial charge in [-0.3, -0.25) is 4.79 Å². The summed E-state index contributed by atoms with van der Waals surface area (Å²) in [5.41, 5.74) is 0.674. The lowest BCUT2D eigenvalue weighted by Gasteiger charge is -2.26. The van der Waals surface area contributed by atoms with Crippen molar-refractivity contribution in [2.75, 3.05) is 0 Å². The summed E-state index contributed by atoms with van der Waals surface area (Å²) in [5, 5.41) is 0. The second kappa shape index (κ2) is 8.22. The smallest absolute Gasteiger partial charge is 0.185 e. The number of benzene rings is 1. The van der Waals surface area contributed by atoms with E-state index in [1.165, 1.54) is 0 Å². The fourth-order valence-corrected chi connectivity index (χ4v) is 2.64. The fraction of sp³-hybridized carbons (Fsp3) is 0.391. The van der Waals surface area contributed by atoms with Gasteiger partial charge in [-0.15, -0.1) is 0 Å². The summed E-state index contributed by atoms with van der Waals surface area (Å²) in [6.45, 7) is 11.9. The second-order valence-corrected chi connectivity index (χ2v) is 8.98. The average molecular weight is 385 g/mol. The first kappa shape index (κ1) is 21.1. The van der Waals surface area contributed by atoms with E-state index in [9.17, 15) is 4.79 Å². The van der Waals surface area contributed by atoms with Gasteiger partial charge in [0.25, 0.3) is 0 Å². The summed E-state index contributed by atoms with van der Waals surface area (Å²) in [6, 6.07) is 5.68. The lowest BCUT2D eigenvalue weighted by Crippen LogP contribution is -2.25. The van der Waals surface area contributed by atoms with Crippen molar-refractivity contribution in [2.24, 2.45) is 0 Å². The maximum absolute atomic E-state index is 12.5. The molecule has 1 aromatic rings. The van der Waals surface area contributed by atoms with Crippen molar-refractivity contribution in [3.63, 3.8) is 0 Å². The van der Waals surface area contributed by atoms with Crippen molar-refractivity contribution in [3.8, 4) is 11.5 Å². The first-order chi connectivity index (χ1) is 12.4. The molecule has 0 saturated carbocycles. The van der Waals surface area contributed by atoms with Gasteiger partial charge in [-0.25, -0.2) is 0 Å². The molecule has 1 aromatic carbocycles. The molecule has 27 heavy (non-hydrogen) atoms. The molecule has 0 fully saturated rings. The highest BCUT2D eigenvalue weighted by Crippen LogP contribution is 2.34. The molecule has 0 radical (unpaired) electrons. The molecule has 3 nitrogen and oxygen atoms in total. The highest BCUT2D eigenvalue weighted by atomic mass is 32.1. The zero-order valence-corrected chi connectivity index (χ0v) is 17.8. The summed E-state index contributed by atoms with van der Waals surface area (Å²) in [5.74, 6) is 1.30. The van der Waals surface area contributed by atoms with Crippen molar-refractivity contribution in [1.29, 1.82) is 0 Å². The van der Waals surface area contributed by atoms with Crippen LogP contribution in [0.4, 0.5) is 0 Å². The monoisotopic (exact) mass is 384 g/mol. The molecule has 1 aliphatic rings. The van der Waals surface area contributed by atoms with Crippen LogP contribution in [-0.2, 0) is 4.79 Å². The van der Waals surface area contributed by atoms with Gasteiger partial charge in [-0.1, -0.05) is 30.4 Å². The number of rotatable bonds is 5. The third-order valence-electron chi connectivity index (χ3n) is 3.52. The van der Waals surface area contributed by atoms with Gasteiger partial charge in [0.1, 0.15) is 22.7 Å². The topological polar surface area (TPSA) is 35.5 Å². The Balaban J connectivity index is 2.38. The van der Waals surface area contributed by atoms with Crippen LogP contribution in [0.25, 0.3) is 6.08 Å². The van der Waals surface area contributed by atoms with Crippen LogP contribution in [0.5, 0.6) is 11.5 Å². The van der Waals surface area contributed by atoms with Gasteiger partial charge in [0.15, 0.2) is 5.78 Å². The predicted octanol–water partition coefficient (Wildman–Crippen LogP) is 5.88. The predicted molar refractivity (Wildman–Crippen MR) is 116 cm³/mol. The summed E-state index contributed by atoms with van der Waals surface area (Å²) in [4.78, 5) is 13.4. The zero-order chi connectivity index (χ0) is 20.2. The Kier molecular flexibility index (Phi) is 6.42. The van der Waals surface area contributed by atoms with Crippen LogP contribution in [0.1, 0.15) is 53.5 Å². The third-order valence-corrected chi connectivity index (χ3v) is 3.82. The van der Waals surface area contributed by atoms with E-state index in [4.69, 9.17) is 21.7 Å². The van der Waals surface area contributed by atoms with E-state index in [-0.39, 0.29) is 17.0 Å². The molecule has 0 aromatic heterocycles. The number of hydrogen-bond donors (Lipinski definition) is 0. The number of thiocarbonyl (C=S) groups is 1. The minimum Gasteiger partial charge on any atom is -0.487 e. The highest BCUT2D eigenvalue weighted by Gasteiger charge is 2.20. The van der Waals surface area contributed by atoms with Crippen LogP contribution < -0.4 is 9.47 Å². The first-order valence-corrected chi connectivity index (χ1v) is 9.50. The van der Waals surface area contributed by atoms with Crippen molar-refractivity contribution >= 4 is 28.9 Å². The normalized spacial score (nSPS) is 15.0. The van der Waals surface area contributed by atoms with Gasteiger partial charge in [0.2, 0.25) is 0 Å². The summed E-state index contributed by atoms with van der Waals surface area (Å²) >= 11 is 5.13. The number of ketones is 1. The maximum atomic E-state index is 12.5. The maximum Gasteiger partial charge on any atom is 0.185 e. The summed E-state index contributed by atoms with van der Waals surface area (Å²) < 4.78 is 12.2. The lowest BCUT2D eigenvalue weighted by atomic mass is 10.0. The fourth-order valence-electron chi connectivity index (χ4n) is 2.49. The van der Waals surface area contributed by atoms with Crippen LogP contribution in [0.15, 0.2) is 48.1 Å². The van der Waals surface area contributed by atoms with E-state index >= 15 is 0 Å². The molecule has 0 N–H and O–H groups in total. The van der Waals surface area contributed by atoms with Crippen molar-refractivity contribution in [3.05, 3.63) is 53.6 Å². The molecule has 2 rings (SSSR count). The largest absolute Gasteiger partial charge is 0.487 e. The van der Waals surface area contributed by atoms with Gasteiger partial charge in [-0.2, -0.15) is 0 Å². The van der Waals surface area contributed by atoms with E-state index in [0.29, 0.717) is 23.5 Å². The van der Waals surface area contributed by atoms with Crippen molar-refractivity contribution in [1.82, 2.24) is 0 Å². The van der Waals surface area contributed by atoms with Gasteiger partial charge >= 0.3 is 0 Å². The zero-order valence-electron chi connectivity index (χ0n) is 17.0. The number of hydrogen-bond acceptors (Lipinski definition) is 4. The number of carbonyl (C=O) groups is 1. The van der Waals surface area contributed by atoms with Gasteiger partial charge < -0.3 is 9.47 Å². The Bertz CT molecular complexity index is 781. The Morgan fingerprint density at radius 3 is 2.00 bits per heavy atom. The lowest BCUT2D eigenvalue weighted by molar-refractivity contribution is -0.111. The number of carbonyl (C=O) groups excluding carboxylic acids is 1. The Labute approximate surface area is 167 Å². The molecule has 0 aliphatic heterocycles. The van der Waals surface area contributed by atoms with Crippen LogP contribution in [-0.4, -0.2) is 21.8 Å². The van der Waals surface area contributed by atoms with Crippen LogP contribution >= 0.6 is 12.2 Å². The molecule has 0 atom stereocenters. The third kappa shape index (κ3) is 6.79. The molecular formula is C23H28O3S. The van der Waals surface area contributed by atoms with Crippen molar-refractivity contribution < 1.29 is 14.3 Å². The van der Waals surface area contributed by atoms with E-state index in [1.807, 2.05) is 65.8 Å². The second-order valence-electron chi connectivity index (χ2n) is 8.46. The molecular weight excluding hydrogens is 356 g/mol. The van der Waals surface area contributed by atoms with E-state index in [0.717, 1.165) is 10.4 Å². The molecule has 0 heterocycles. The minimum atomic E-state index is -0.364. The van der Waals surface area contributed by atoms with E-state index in [1.54, 1.807) is 24.3 Å². The van der Waals surface area contributed by atoms with Gasteiger partial charge in [-0.05, 0) is 71.9 Å². The Hall–Kier alpha value is -2.20. The molecule has 144 valence electrons. The van der Waals surface area contributed by atoms with Crippen LogP contribution in [0, 0.1) is 0 Å². The first-order valence-electron chi connectivity index (χ1n) is 9.09. The van der Waals surface area contributed by atoms with E-state index in [2.05, 4.69) is 0 Å². The van der Waals surface area contributed by atoms with Gasteiger partial charge in [0.05, 0.1) is 5.56 Å². The molecule has 0 saturated heterocycles. The average Bonchev–Trinajstić information content (AvgIpc) is 2.51. The summed E-state index contributed by atoms with van der Waals surface area (Å²) in [6.07, 6.45) is 9.39. The molecule has 0 amide bonds. The number of allylic oxidation sites excluding steroid dienone is 5. The van der Waals surface area contributed by atoms with Crippen molar-refractivity contribution in [2.45, 2.75) is 59.2 Å². The van der Waals surface area contributed by atoms with Crippen LogP contribution in [0.3, 0.4) is 0 Å². The van der Waals surface area contributed by atoms with Crippen LogP contribution in [0.2, 0.25) is 0 Å². The van der Waals surface area contributed by atoms with E-state index < -0.39 is 0 Å². The Morgan fingerprint density at radius 2 is 1.56 bits per heavy atom. The molecule has 4 heteroatoms. The van der Waals surface area contributed by atoms with Gasteiger partial charge in [0, 0.05) is 16.9 Å². The Morgan fingerprint density at radius 1 is 1.00 bits per heavy atom. The standard InChI is InChI=1S/C23H28O3S/c1-22(2,3)25-20-8-7-9-21(26-23(4,5)6)18(20)14-15-19(24)16-10-12-17(27)13-11-16/h7-12,14-15H,13H2,1-6H3. The SMILES string of the molecule is CC(C)(C)Oc1cccc(OC(C)(C)C)c1C=CC(=O)C1=CCC(=S)C=C1. The molecule has 1 aliphatic carbocycles. The molecule has 0 unspecified atom stereocenters. The summed E-state index contributed by atoms with van der Waals surface area (Å²) in [7, 11) is 0. The molecule has 0 bridgehead atoms. The quantitative estimate of drug-likeness (QED) is 0.469. The minimum absolute atomic E-state index is 0.0685.